The van der Waals surface area contributed by atoms with Crippen molar-refractivity contribution in [2.24, 2.45) is 0 Å². The van der Waals surface area contributed by atoms with E-state index < -0.39 is 5.97 Å². The molecular weight excluding hydrogens is 262 g/mol. The van der Waals surface area contributed by atoms with Gasteiger partial charge in [-0.15, -0.1) is 0 Å². The third kappa shape index (κ3) is 3.30. The minimum Gasteiger partial charge on any atom is -0.481 e. The van der Waals surface area contributed by atoms with Crippen molar-refractivity contribution in [3.05, 3.63) is 48.0 Å². The molecule has 3 nitrogen and oxygen atoms in total. The average molecular weight is 284 g/mol. The van der Waals surface area contributed by atoms with E-state index >= 15 is 0 Å². The first-order valence-corrected chi connectivity index (χ1v) is 7.21. The molecule has 2 aromatic carbocycles. The predicted octanol–water partition coefficient (Wildman–Crippen LogP) is 2.13. The predicted molar refractivity (Wildman–Crippen MR) is 85.7 cm³/mol. The molecule has 0 unspecified atom stereocenters. The normalized spacial score (nSPS) is 12.6. The van der Waals surface area contributed by atoms with E-state index in [2.05, 4.69) is 55.2 Å². The van der Waals surface area contributed by atoms with Crippen LogP contribution in [0.4, 0.5) is 0 Å². The fourth-order valence-corrected chi connectivity index (χ4v) is 2.55. The van der Waals surface area contributed by atoms with Gasteiger partial charge >= 0.3 is 5.97 Å². The Bertz CT molecular complexity index is 681. The lowest BCUT2D eigenvalue weighted by atomic mass is 9.78. The molecule has 0 fully saturated rings. The molecular formula is C18H22NO2+. The summed E-state index contributed by atoms with van der Waals surface area (Å²) in [6.45, 7) is 6.81. The molecule has 21 heavy (non-hydrogen) atoms. The molecule has 0 saturated heterocycles. The Balaban J connectivity index is 2.39. The van der Waals surface area contributed by atoms with Crippen molar-refractivity contribution in [2.45, 2.75) is 32.6 Å². The Labute approximate surface area is 125 Å². The smallest absolute Gasteiger partial charge is 0.309 e. The number of carboxylic acid groups (broad SMARTS) is 1. The summed E-state index contributed by atoms with van der Waals surface area (Å²) < 4.78 is 0. The topological polar surface area (TPSA) is 51.3 Å². The molecule has 0 aliphatic rings. The van der Waals surface area contributed by atoms with Crippen LogP contribution in [0.5, 0.6) is 0 Å². The van der Waals surface area contributed by atoms with E-state index in [0.717, 1.165) is 5.71 Å². The van der Waals surface area contributed by atoms with Crippen LogP contribution in [-0.2, 0) is 10.2 Å². The summed E-state index contributed by atoms with van der Waals surface area (Å²) in [5, 5.41) is 11.2. The molecule has 0 amide bonds. The lowest BCUT2D eigenvalue weighted by Gasteiger charge is -2.23. The van der Waals surface area contributed by atoms with Crippen molar-refractivity contribution in [2.75, 3.05) is 6.54 Å². The van der Waals surface area contributed by atoms with E-state index in [1.54, 1.807) is 0 Å². The fraction of sp³-hybridized carbons (Fsp3) is 0.333. The lowest BCUT2D eigenvalue weighted by Crippen LogP contribution is -2.76. The van der Waals surface area contributed by atoms with Crippen molar-refractivity contribution >= 4 is 22.5 Å². The molecule has 0 heterocycles. The first-order chi connectivity index (χ1) is 9.93. The van der Waals surface area contributed by atoms with E-state index in [1.807, 2.05) is 13.0 Å². The van der Waals surface area contributed by atoms with Crippen LogP contribution in [0, 0.1) is 0 Å². The second-order valence-corrected chi connectivity index (χ2v) is 5.85. The van der Waals surface area contributed by atoms with Gasteiger partial charge in [-0.2, -0.15) is 0 Å². The Morgan fingerprint density at radius 3 is 2.52 bits per heavy atom. The van der Waals surface area contributed by atoms with Gasteiger partial charge in [0.1, 0.15) is 6.42 Å². The molecule has 2 aromatic rings. The molecule has 2 N–H and O–H groups in total. The highest BCUT2D eigenvalue weighted by Crippen LogP contribution is 2.30. The zero-order chi connectivity index (χ0) is 15.5. The Morgan fingerprint density at radius 2 is 1.81 bits per heavy atom. The molecule has 0 bridgehead atoms. The second-order valence-electron chi connectivity index (χ2n) is 5.85. The van der Waals surface area contributed by atoms with Crippen molar-refractivity contribution < 1.29 is 14.9 Å². The van der Waals surface area contributed by atoms with E-state index in [0.29, 0.717) is 6.54 Å². The van der Waals surface area contributed by atoms with Crippen LogP contribution >= 0.6 is 0 Å². The third-order valence-electron chi connectivity index (χ3n) is 4.13. The van der Waals surface area contributed by atoms with Gasteiger partial charge in [0.15, 0.2) is 12.3 Å². The number of nitrogens with one attached hydrogen (secondary N) is 1. The SMILES string of the molecule is CC(=[NH+]CCC(=O)O)C(C)(C)c1cccc2ccccc12. The van der Waals surface area contributed by atoms with Crippen LogP contribution in [0.2, 0.25) is 0 Å². The molecule has 0 spiro atoms. The zero-order valence-electron chi connectivity index (χ0n) is 12.8. The van der Waals surface area contributed by atoms with Crippen LogP contribution in [-0.4, -0.2) is 23.3 Å². The molecule has 0 aromatic heterocycles. The van der Waals surface area contributed by atoms with Crippen molar-refractivity contribution in [1.29, 1.82) is 0 Å². The van der Waals surface area contributed by atoms with Gasteiger partial charge in [-0.1, -0.05) is 42.5 Å². The largest absolute Gasteiger partial charge is 0.481 e. The van der Waals surface area contributed by atoms with Gasteiger partial charge in [0.05, 0.1) is 5.41 Å². The van der Waals surface area contributed by atoms with Gasteiger partial charge in [-0.05, 0) is 30.2 Å². The van der Waals surface area contributed by atoms with E-state index in [4.69, 9.17) is 5.11 Å². The first kappa shape index (κ1) is 15.2. The number of hydrogen-bond donors (Lipinski definition) is 2. The zero-order valence-corrected chi connectivity index (χ0v) is 12.8. The number of rotatable bonds is 5. The number of carboxylic acids is 1. The average Bonchev–Trinajstić information content (AvgIpc) is 2.46. The summed E-state index contributed by atoms with van der Waals surface area (Å²) in [6.07, 6.45) is 0.128. The highest BCUT2D eigenvalue weighted by atomic mass is 16.4. The van der Waals surface area contributed by atoms with Gasteiger partial charge in [-0.25, -0.2) is 4.99 Å². The Hall–Kier alpha value is -2.16. The first-order valence-electron chi connectivity index (χ1n) is 7.21. The van der Waals surface area contributed by atoms with E-state index in [-0.39, 0.29) is 11.8 Å². The number of aliphatic carboxylic acids is 1. The third-order valence-corrected chi connectivity index (χ3v) is 4.13. The van der Waals surface area contributed by atoms with Crippen LogP contribution in [0.25, 0.3) is 10.8 Å². The molecule has 0 aliphatic heterocycles. The Morgan fingerprint density at radius 1 is 1.14 bits per heavy atom. The van der Waals surface area contributed by atoms with Crippen LogP contribution in [0.3, 0.4) is 0 Å². The minimum atomic E-state index is -0.779. The van der Waals surface area contributed by atoms with E-state index in [1.165, 1.54) is 16.3 Å². The molecule has 0 aliphatic carbocycles. The van der Waals surface area contributed by atoms with Gasteiger partial charge in [0.2, 0.25) is 0 Å². The fourth-order valence-electron chi connectivity index (χ4n) is 2.55. The molecule has 110 valence electrons. The summed E-state index contributed by atoms with van der Waals surface area (Å²) in [4.78, 5) is 13.9. The van der Waals surface area contributed by atoms with Gasteiger partial charge in [0.25, 0.3) is 0 Å². The van der Waals surface area contributed by atoms with Crippen molar-refractivity contribution in [1.82, 2.24) is 0 Å². The summed E-state index contributed by atoms with van der Waals surface area (Å²) in [5.74, 6) is -0.779. The molecule has 0 atom stereocenters. The van der Waals surface area contributed by atoms with Crippen molar-refractivity contribution in [3.63, 3.8) is 0 Å². The summed E-state index contributed by atoms with van der Waals surface area (Å²) in [7, 11) is 0. The van der Waals surface area contributed by atoms with Gasteiger partial charge in [0, 0.05) is 6.92 Å². The van der Waals surface area contributed by atoms with Crippen molar-refractivity contribution in [3.8, 4) is 0 Å². The highest BCUT2D eigenvalue weighted by molar-refractivity contribution is 5.95. The Kier molecular flexibility index (Phi) is 4.41. The maximum atomic E-state index is 10.6. The number of carbonyl (C=O) groups is 1. The second kappa shape index (κ2) is 6.08. The molecule has 3 heteroatoms. The lowest BCUT2D eigenvalue weighted by molar-refractivity contribution is -0.459. The highest BCUT2D eigenvalue weighted by Gasteiger charge is 2.30. The molecule has 2 rings (SSSR count). The van der Waals surface area contributed by atoms with Crippen LogP contribution in [0.15, 0.2) is 42.5 Å². The number of benzene rings is 2. The van der Waals surface area contributed by atoms with Crippen LogP contribution < -0.4 is 4.99 Å². The summed E-state index contributed by atoms with van der Waals surface area (Å²) in [6, 6.07) is 14.7. The summed E-state index contributed by atoms with van der Waals surface area (Å²) in [5.41, 5.74) is 2.17. The standard InChI is InChI=1S/C18H21NO2/c1-13(19-12-11-17(20)21)18(2,3)16-10-6-8-14-7-4-5-9-15(14)16/h4-10H,11-12H2,1-3H3,(H,20,21)/p+1. The monoisotopic (exact) mass is 284 g/mol. The van der Waals surface area contributed by atoms with Gasteiger partial charge in [-0.3, -0.25) is 4.79 Å². The maximum Gasteiger partial charge on any atom is 0.309 e. The number of fused-ring (bicyclic) bond motifs is 1. The minimum absolute atomic E-state index is 0.128. The van der Waals surface area contributed by atoms with E-state index in [9.17, 15) is 4.79 Å². The molecule has 0 radical (unpaired) electrons. The summed E-state index contributed by atoms with van der Waals surface area (Å²) >= 11 is 0. The molecule has 0 saturated carbocycles. The number of hydrogen-bond acceptors (Lipinski definition) is 1. The quantitative estimate of drug-likeness (QED) is 0.826. The van der Waals surface area contributed by atoms with Gasteiger partial charge < -0.3 is 5.11 Å². The maximum absolute atomic E-state index is 10.6. The van der Waals surface area contributed by atoms with Crippen LogP contribution in [0.1, 0.15) is 32.8 Å².